The van der Waals surface area contributed by atoms with E-state index in [0.717, 1.165) is 59.8 Å². The zero-order valence-electron chi connectivity index (χ0n) is 19.7. The molecule has 4 aromatic rings. The lowest BCUT2D eigenvalue weighted by Gasteiger charge is -2.08. The van der Waals surface area contributed by atoms with E-state index in [-0.39, 0.29) is 0 Å². The standard InChI is InChI=1S/C25H32N8/c1-4-5-8-15-33-24(27-23(30-33)14-11-18(2)3)16-20-13-12-19(17-26-20)21-9-6-7-10-22(21)25-28-31-32-29-25/h6-7,9-10,12-13,17-18H,4-5,8,11,14-16H2,1-3H3,(H,28,29,31,32). The molecule has 0 aliphatic carbocycles. The summed E-state index contributed by atoms with van der Waals surface area (Å²) in [6.45, 7) is 7.61. The number of nitrogens with zero attached hydrogens (tertiary/aromatic N) is 7. The molecule has 0 aliphatic rings. The molecule has 0 unspecified atom stereocenters. The Balaban J connectivity index is 1.53. The molecule has 0 aliphatic heterocycles. The summed E-state index contributed by atoms with van der Waals surface area (Å²) in [5.41, 5.74) is 3.94. The van der Waals surface area contributed by atoms with Crippen LogP contribution in [0.15, 0.2) is 42.6 Å². The van der Waals surface area contributed by atoms with E-state index in [1.807, 2.05) is 30.5 Å². The van der Waals surface area contributed by atoms with Gasteiger partial charge in [0.15, 0.2) is 5.82 Å². The normalized spacial score (nSPS) is 11.4. The maximum Gasteiger partial charge on any atom is 0.205 e. The second-order valence-corrected chi connectivity index (χ2v) is 8.80. The molecule has 0 amide bonds. The Morgan fingerprint density at radius 3 is 2.58 bits per heavy atom. The van der Waals surface area contributed by atoms with Crippen molar-refractivity contribution < 1.29 is 0 Å². The van der Waals surface area contributed by atoms with Gasteiger partial charge in [-0.2, -0.15) is 10.3 Å². The zero-order chi connectivity index (χ0) is 23.0. The Kier molecular flexibility index (Phi) is 7.55. The molecule has 0 fully saturated rings. The average molecular weight is 445 g/mol. The van der Waals surface area contributed by atoms with Crippen molar-refractivity contribution in [1.82, 2.24) is 40.4 Å². The fourth-order valence-corrected chi connectivity index (χ4v) is 3.83. The van der Waals surface area contributed by atoms with Crippen LogP contribution in [0.2, 0.25) is 0 Å². The molecule has 33 heavy (non-hydrogen) atoms. The number of hydrogen-bond donors (Lipinski definition) is 1. The van der Waals surface area contributed by atoms with Crippen LogP contribution in [-0.2, 0) is 19.4 Å². The molecule has 1 aromatic carbocycles. The van der Waals surface area contributed by atoms with Gasteiger partial charge in [-0.3, -0.25) is 4.98 Å². The summed E-state index contributed by atoms with van der Waals surface area (Å²) in [4.78, 5) is 9.62. The van der Waals surface area contributed by atoms with Gasteiger partial charge in [-0.05, 0) is 35.6 Å². The van der Waals surface area contributed by atoms with E-state index in [2.05, 4.69) is 58.2 Å². The second kappa shape index (κ2) is 10.9. The number of aromatic nitrogens is 8. The number of H-pyrrole nitrogens is 1. The van der Waals surface area contributed by atoms with Crippen LogP contribution in [0.5, 0.6) is 0 Å². The third-order valence-corrected chi connectivity index (χ3v) is 5.70. The maximum atomic E-state index is 4.87. The Bertz CT molecular complexity index is 1130. The van der Waals surface area contributed by atoms with Crippen molar-refractivity contribution in [3.05, 3.63) is 59.9 Å². The summed E-state index contributed by atoms with van der Waals surface area (Å²) in [7, 11) is 0. The zero-order valence-corrected chi connectivity index (χ0v) is 19.7. The molecule has 172 valence electrons. The van der Waals surface area contributed by atoms with Crippen LogP contribution in [0, 0.1) is 5.92 Å². The number of aryl methyl sites for hydroxylation is 2. The average Bonchev–Trinajstić information content (AvgIpc) is 3.49. The second-order valence-electron chi connectivity index (χ2n) is 8.80. The Morgan fingerprint density at radius 2 is 1.88 bits per heavy atom. The van der Waals surface area contributed by atoms with E-state index in [1.54, 1.807) is 0 Å². The van der Waals surface area contributed by atoms with Crippen LogP contribution in [0.3, 0.4) is 0 Å². The molecular weight excluding hydrogens is 412 g/mol. The van der Waals surface area contributed by atoms with Gasteiger partial charge in [-0.15, -0.1) is 10.2 Å². The Morgan fingerprint density at radius 1 is 1.03 bits per heavy atom. The van der Waals surface area contributed by atoms with Crippen LogP contribution in [0.1, 0.15) is 63.8 Å². The minimum atomic E-state index is 0.573. The van der Waals surface area contributed by atoms with Crippen LogP contribution >= 0.6 is 0 Å². The van der Waals surface area contributed by atoms with E-state index in [4.69, 9.17) is 15.1 Å². The summed E-state index contributed by atoms with van der Waals surface area (Å²) in [5.74, 6) is 3.16. The highest BCUT2D eigenvalue weighted by atomic mass is 15.5. The monoisotopic (exact) mass is 444 g/mol. The van der Waals surface area contributed by atoms with Crippen molar-refractivity contribution in [2.45, 2.75) is 65.8 Å². The lowest BCUT2D eigenvalue weighted by atomic mass is 10.0. The molecular formula is C25H32N8. The van der Waals surface area contributed by atoms with Gasteiger partial charge in [0.1, 0.15) is 5.82 Å². The lowest BCUT2D eigenvalue weighted by Crippen LogP contribution is -2.07. The SMILES string of the molecule is CCCCCn1nc(CCC(C)C)nc1Cc1ccc(-c2ccccc2-c2nn[nH]n2)cn1. The summed E-state index contributed by atoms with van der Waals surface area (Å²) in [6, 6.07) is 12.2. The smallest absolute Gasteiger partial charge is 0.205 e. The highest BCUT2D eigenvalue weighted by molar-refractivity contribution is 5.79. The Hall–Kier alpha value is -3.42. The van der Waals surface area contributed by atoms with Gasteiger partial charge in [-0.25, -0.2) is 9.67 Å². The van der Waals surface area contributed by atoms with Gasteiger partial charge in [-0.1, -0.05) is 63.9 Å². The molecule has 0 bridgehead atoms. The number of unbranched alkanes of at least 4 members (excludes halogenated alkanes) is 2. The number of tetrazole rings is 1. The van der Waals surface area contributed by atoms with Gasteiger partial charge >= 0.3 is 0 Å². The topological polar surface area (TPSA) is 98.1 Å². The minimum Gasteiger partial charge on any atom is -0.260 e. The van der Waals surface area contributed by atoms with Gasteiger partial charge in [0.25, 0.3) is 0 Å². The predicted molar refractivity (Wildman–Crippen MR) is 128 cm³/mol. The molecule has 0 radical (unpaired) electrons. The molecule has 3 heterocycles. The highest BCUT2D eigenvalue weighted by Crippen LogP contribution is 2.29. The molecule has 0 spiro atoms. The molecule has 0 saturated heterocycles. The predicted octanol–water partition coefficient (Wildman–Crippen LogP) is 4.89. The third kappa shape index (κ3) is 5.88. The summed E-state index contributed by atoms with van der Waals surface area (Å²) in [5, 5.41) is 19.3. The van der Waals surface area contributed by atoms with Crippen molar-refractivity contribution in [2.75, 3.05) is 0 Å². The van der Waals surface area contributed by atoms with Crippen LogP contribution in [0.25, 0.3) is 22.5 Å². The first-order valence-corrected chi connectivity index (χ1v) is 11.8. The van der Waals surface area contributed by atoms with Gasteiger partial charge in [0.05, 0.1) is 0 Å². The summed E-state index contributed by atoms with van der Waals surface area (Å²) < 4.78 is 2.09. The van der Waals surface area contributed by atoms with E-state index < -0.39 is 0 Å². The number of pyridine rings is 1. The largest absolute Gasteiger partial charge is 0.260 e. The highest BCUT2D eigenvalue weighted by Gasteiger charge is 2.14. The lowest BCUT2D eigenvalue weighted by molar-refractivity contribution is 0.524. The molecule has 8 heteroatoms. The minimum absolute atomic E-state index is 0.573. The molecule has 0 saturated carbocycles. The molecule has 4 rings (SSSR count). The number of benzene rings is 1. The van der Waals surface area contributed by atoms with E-state index in [9.17, 15) is 0 Å². The first-order valence-electron chi connectivity index (χ1n) is 11.8. The molecule has 0 atom stereocenters. The van der Waals surface area contributed by atoms with Crippen molar-refractivity contribution >= 4 is 0 Å². The third-order valence-electron chi connectivity index (χ3n) is 5.70. The first-order chi connectivity index (χ1) is 16.1. The summed E-state index contributed by atoms with van der Waals surface area (Å²) in [6.07, 6.45) is 8.12. The number of hydrogen-bond acceptors (Lipinski definition) is 6. The van der Waals surface area contributed by atoms with Crippen molar-refractivity contribution in [2.24, 2.45) is 5.92 Å². The van der Waals surface area contributed by atoms with Crippen molar-refractivity contribution in [1.29, 1.82) is 0 Å². The van der Waals surface area contributed by atoms with E-state index >= 15 is 0 Å². The van der Waals surface area contributed by atoms with Gasteiger partial charge < -0.3 is 0 Å². The van der Waals surface area contributed by atoms with Crippen molar-refractivity contribution in [3.63, 3.8) is 0 Å². The van der Waals surface area contributed by atoms with Crippen LogP contribution < -0.4 is 0 Å². The number of aromatic amines is 1. The number of rotatable bonds is 11. The number of nitrogens with one attached hydrogen (secondary N) is 1. The molecule has 1 N–H and O–H groups in total. The van der Waals surface area contributed by atoms with Crippen molar-refractivity contribution in [3.8, 4) is 22.5 Å². The fourth-order valence-electron chi connectivity index (χ4n) is 3.83. The van der Waals surface area contributed by atoms with Crippen LogP contribution in [-0.4, -0.2) is 40.4 Å². The summed E-state index contributed by atoms with van der Waals surface area (Å²) >= 11 is 0. The Labute approximate surface area is 194 Å². The maximum absolute atomic E-state index is 4.87. The van der Waals surface area contributed by atoms with Gasteiger partial charge in [0.2, 0.25) is 5.82 Å². The molecule has 3 aromatic heterocycles. The first kappa shape index (κ1) is 22.8. The van der Waals surface area contributed by atoms with Crippen LogP contribution in [0.4, 0.5) is 0 Å². The molecule has 8 nitrogen and oxygen atoms in total. The van der Waals surface area contributed by atoms with E-state index in [1.165, 1.54) is 12.8 Å². The van der Waals surface area contributed by atoms with Gasteiger partial charge in [0, 0.05) is 42.4 Å². The quantitative estimate of drug-likeness (QED) is 0.331. The van der Waals surface area contributed by atoms with E-state index in [0.29, 0.717) is 18.2 Å². The fraction of sp³-hybridized carbons (Fsp3) is 0.440.